The van der Waals surface area contributed by atoms with Crippen LogP contribution in [0.15, 0.2) is 0 Å². The van der Waals surface area contributed by atoms with Gasteiger partial charge in [-0.25, -0.2) is 0 Å². The van der Waals surface area contributed by atoms with Crippen molar-refractivity contribution >= 4 is 22.6 Å². The van der Waals surface area contributed by atoms with Crippen molar-refractivity contribution in [2.45, 2.75) is 43.1 Å². The average Bonchev–Trinajstić information content (AvgIpc) is 1.87. The number of halogens is 1. The lowest BCUT2D eigenvalue weighted by molar-refractivity contribution is 0.163. The standard InChI is InChI=1S/C7H15IO/c1-3-5-7(9)6(8)4-2/h6-7,9H,3-5H2,1-2H3. The van der Waals surface area contributed by atoms with Crippen molar-refractivity contribution in [3.63, 3.8) is 0 Å². The van der Waals surface area contributed by atoms with Crippen LogP contribution in [0.4, 0.5) is 0 Å². The molecule has 0 saturated carbocycles. The molecule has 2 atom stereocenters. The van der Waals surface area contributed by atoms with Gasteiger partial charge in [0.15, 0.2) is 0 Å². The maximum Gasteiger partial charge on any atom is 0.0657 e. The molecule has 0 radical (unpaired) electrons. The van der Waals surface area contributed by atoms with E-state index >= 15 is 0 Å². The van der Waals surface area contributed by atoms with Crippen LogP contribution in [-0.4, -0.2) is 15.1 Å². The number of aliphatic hydroxyl groups is 1. The van der Waals surface area contributed by atoms with Crippen LogP contribution >= 0.6 is 22.6 Å². The fourth-order valence-corrected chi connectivity index (χ4v) is 1.11. The van der Waals surface area contributed by atoms with E-state index in [0.717, 1.165) is 19.3 Å². The smallest absolute Gasteiger partial charge is 0.0657 e. The van der Waals surface area contributed by atoms with Crippen LogP contribution in [-0.2, 0) is 0 Å². The van der Waals surface area contributed by atoms with Crippen molar-refractivity contribution in [3.8, 4) is 0 Å². The van der Waals surface area contributed by atoms with E-state index in [0.29, 0.717) is 3.92 Å². The number of aliphatic hydroxyl groups excluding tert-OH is 1. The van der Waals surface area contributed by atoms with Crippen LogP contribution in [0, 0.1) is 0 Å². The van der Waals surface area contributed by atoms with Gasteiger partial charge in [-0.15, -0.1) is 0 Å². The molecule has 0 fully saturated rings. The van der Waals surface area contributed by atoms with E-state index in [1.165, 1.54) is 0 Å². The summed E-state index contributed by atoms with van der Waals surface area (Å²) >= 11 is 2.30. The minimum absolute atomic E-state index is 0.0828. The first-order valence-corrected chi connectivity index (χ1v) is 4.79. The van der Waals surface area contributed by atoms with Gasteiger partial charge in [0, 0.05) is 3.92 Å². The Morgan fingerprint density at radius 1 is 1.44 bits per heavy atom. The first kappa shape index (κ1) is 9.69. The van der Waals surface area contributed by atoms with Gasteiger partial charge in [-0.05, 0) is 12.8 Å². The van der Waals surface area contributed by atoms with Gasteiger partial charge >= 0.3 is 0 Å². The Bertz CT molecular complexity index is 65.9. The van der Waals surface area contributed by atoms with Crippen molar-refractivity contribution in [1.82, 2.24) is 0 Å². The summed E-state index contributed by atoms with van der Waals surface area (Å²) in [4.78, 5) is 0. The molecule has 0 aromatic heterocycles. The molecule has 0 aromatic rings. The summed E-state index contributed by atoms with van der Waals surface area (Å²) in [5.41, 5.74) is 0. The molecule has 0 spiro atoms. The second kappa shape index (κ2) is 5.47. The first-order valence-electron chi connectivity index (χ1n) is 3.54. The predicted molar refractivity (Wildman–Crippen MR) is 49.0 cm³/mol. The highest BCUT2D eigenvalue weighted by Gasteiger charge is 2.11. The molecule has 0 rings (SSSR count). The van der Waals surface area contributed by atoms with E-state index in [-0.39, 0.29) is 6.10 Å². The molecule has 0 amide bonds. The Labute approximate surface area is 71.0 Å². The van der Waals surface area contributed by atoms with E-state index in [1.807, 2.05) is 0 Å². The van der Waals surface area contributed by atoms with Gasteiger partial charge in [0.25, 0.3) is 0 Å². The Kier molecular flexibility index (Phi) is 5.89. The third-order valence-electron chi connectivity index (χ3n) is 1.39. The SMILES string of the molecule is CCCC(O)C(I)CC. The van der Waals surface area contributed by atoms with Gasteiger partial charge < -0.3 is 5.11 Å². The monoisotopic (exact) mass is 242 g/mol. The lowest BCUT2D eigenvalue weighted by Gasteiger charge is -2.13. The highest BCUT2D eigenvalue weighted by atomic mass is 127. The summed E-state index contributed by atoms with van der Waals surface area (Å²) in [6, 6.07) is 0. The van der Waals surface area contributed by atoms with Crippen LogP contribution < -0.4 is 0 Å². The summed E-state index contributed by atoms with van der Waals surface area (Å²) < 4.78 is 0.447. The molecule has 9 heavy (non-hydrogen) atoms. The molecular formula is C7H15IO. The predicted octanol–water partition coefficient (Wildman–Crippen LogP) is 2.36. The Morgan fingerprint density at radius 3 is 2.33 bits per heavy atom. The van der Waals surface area contributed by atoms with Crippen LogP contribution in [0.25, 0.3) is 0 Å². The number of alkyl halides is 1. The summed E-state index contributed by atoms with van der Waals surface area (Å²) in [5.74, 6) is 0. The minimum atomic E-state index is -0.0828. The molecular weight excluding hydrogens is 227 g/mol. The zero-order chi connectivity index (χ0) is 7.28. The maximum absolute atomic E-state index is 9.31. The lowest BCUT2D eigenvalue weighted by atomic mass is 10.1. The van der Waals surface area contributed by atoms with E-state index < -0.39 is 0 Å². The third-order valence-corrected chi connectivity index (χ3v) is 3.10. The summed E-state index contributed by atoms with van der Waals surface area (Å²) in [6.07, 6.45) is 3.02. The van der Waals surface area contributed by atoms with Crippen LogP contribution in [0.5, 0.6) is 0 Å². The van der Waals surface area contributed by atoms with Crippen LogP contribution in [0.3, 0.4) is 0 Å². The van der Waals surface area contributed by atoms with Crippen molar-refractivity contribution in [2.24, 2.45) is 0 Å². The molecule has 0 aliphatic carbocycles. The van der Waals surface area contributed by atoms with Crippen molar-refractivity contribution < 1.29 is 5.11 Å². The van der Waals surface area contributed by atoms with Crippen molar-refractivity contribution in [2.75, 3.05) is 0 Å². The van der Waals surface area contributed by atoms with Gasteiger partial charge in [-0.2, -0.15) is 0 Å². The van der Waals surface area contributed by atoms with Crippen molar-refractivity contribution in [1.29, 1.82) is 0 Å². The van der Waals surface area contributed by atoms with Gasteiger partial charge in [0.2, 0.25) is 0 Å². The number of rotatable bonds is 4. The fourth-order valence-electron chi connectivity index (χ4n) is 0.749. The molecule has 56 valence electrons. The first-order chi connectivity index (χ1) is 4.22. The molecule has 0 heterocycles. The molecule has 2 unspecified atom stereocenters. The van der Waals surface area contributed by atoms with Gasteiger partial charge in [-0.1, -0.05) is 42.9 Å². The molecule has 0 aliphatic rings. The summed E-state index contributed by atoms with van der Waals surface area (Å²) in [5, 5.41) is 9.31. The lowest BCUT2D eigenvalue weighted by Crippen LogP contribution is -2.18. The summed E-state index contributed by atoms with van der Waals surface area (Å²) in [7, 11) is 0. The molecule has 0 aliphatic heterocycles. The second-order valence-electron chi connectivity index (χ2n) is 2.28. The van der Waals surface area contributed by atoms with E-state index in [4.69, 9.17) is 0 Å². The van der Waals surface area contributed by atoms with E-state index in [9.17, 15) is 5.11 Å². The third kappa shape index (κ3) is 4.14. The topological polar surface area (TPSA) is 20.2 Å². The van der Waals surface area contributed by atoms with Crippen molar-refractivity contribution in [3.05, 3.63) is 0 Å². The van der Waals surface area contributed by atoms with Crippen LogP contribution in [0.2, 0.25) is 0 Å². The van der Waals surface area contributed by atoms with Crippen LogP contribution in [0.1, 0.15) is 33.1 Å². The molecule has 0 aromatic carbocycles. The van der Waals surface area contributed by atoms with Gasteiger partial charge in [0.05, 0.1) is 6.10 Å². The Hall–Kier alpha value is 0.690. The highest BCUT2D eigenvalue weighted by Crippen LogP contribution is 2.14. The molecule has 0 saturated heterocycles. The van der Waals surface area contributed by atoms with Gasteiger partial charge in [-0.3, -0.25) is 0 Å². The quantitative estimate of drug-likeness (QED) is 0.592. The molecule has 1 N–H and O–H groups in total. The molecule has 0 bridgehead atoms. The zero-order valence-electron chi connectivity index (χ0n) is 6.10. The minimum Gasteiger partial charge on any atom is -0.392 e. The Balaban J connectivity index is 3.32. The number of hydrogen-bond acceptors (Lipinski definition) is 1. The van der Waals surface area contributed by atoms with E-state index in [2.05, 4.69) is 36.4 Å². The normalized spacial score (nSPS) is 17.3. The largest absolute Gasteiger partial charge is 0.392 e. The zero-order valence-corrected chi connectivity index (χ0v) is 8.26. The fraction of sp³-hybridized carbons (Fsp3) is 1.00. The number of hydrogen-bond donors (Lipinski definition) is 1. The molecule has 1 nitrogen and oxygen atoms in total. The van der Waals surface area contributed by atoms with E-state index in [1.54, 1.807) is 0 Å². The highest BCUT2D eigenvalue weighted by molar-refractivity contribution is 14.1. The molecule has 2 heteroatoms. The average molecular weight is 242 g/mol. The second-order valence-corrected chi connectivity index (χ2v) is 3.88. The maximum atomic E-state index is 9.31. The summed E-state index contributed by atoms with van der Waals surface area (Å²) in [6.45, 7) is 4.21. The van der Waals surface area contributed by atoms with Gasteiger partial charge in [0.1, 0.15) is 0 Å². The Morgan fingerprint density at radius 2 is 2.00 bits per heavy atom.